The molecule has 2 aromatic rings. The van der Waals surface area contributed by atoms with Crippen LogP contribution in [0.3, 0.4) is 0 Å². The molecule has 0 bridgehead atoms. The number of benzene rings is 1. The molecule has 14 heavy (non-hydrogen) atoms. The van der Waals surface area contributed by atoms with Crippen molar-refractivity contribution in [2.45, 2.75) is 6.92 Å². The Labute approximate surface area is 91.1 Å². The number of aryl methyl sites for hydroxylation is 1. The average molecular weight is 226 g/mol. The van der Waals surface area contributed by atoms with E-state index in [0.29, 0.717) is 9.79 Å². The third-order valence-corrected chi connectivity index (χ3v) is 2.38. The second-order valence-corrected chi connectivity index (χ2v) is 3.80. The largest absolute Gasteiger partial charge is 0.282 e. The first-order valence-corrected chi connectivity index (χ1v) is 4.86. The Hall–Kier alpha value is -1.13. The average Bonchev–Trinajstić information content (AvgIpc) is 2.56. The predicted molar refractivity (Wildman–Crippen MR) is 59.0 cm³/mol. The summed E-state index contributed by atoms with van der Waals surface area (Å²) in [7, 11) is 0. The minimum atomic E-state index is 0.444. The molecule has 1 aromatic carbocycles. The van der Waals surface area contributed by atoms with Crippen molar-refractivity contribution in [3.05, 3.63) is 33.6 Å². The van der Waals surface area contributed by atoms with Crippen LogP contribution in [0.1, 0.15) is 5.56 Å². The van der Waals surface area contributed by atoms with Crippen molar-refractivity contribution in [1.82, 2.24) is 15.2 Å². The molecule has 1 heterocycles. The van der Waals surface area contributed by atoms with Gasteiger partial charge in [-0.3, -0.25) is 10.2 Å². The maximum absolute atomic E-state index is 5.90. The number of halogens is 1. The van der Waals surface area contributed by atoms with Crippen LogP contribution in [-0.4, -0.2) is 15.2 Å². The van der Waals surface area contributed by atoms with E-state index in [4.69, 9.17) is 23.8 Å². The smallest absolute Gasteiger partial charge is 0.213 e. The van der Waals surface area contributed by atoms with Gasteiger partial charge in [0, 0.05) is 10.6 Å². The summed E-state index contributed by atoms with van der Waals surface area (Å²) in [4.78, 5) is 4.13. The quantitative estimate of drug-likeness (QED) is 0.733. The molecule has 0 aliphatic heterocycles. The number of nitrogens with one attached hydrogen (secondary N) is 2. The minimum Gasteiger partial charge on any atom is -0.282 e. The summed E-state index contributed by atoms with van der Waals surface area (Å²) in [5.41, 5.74) is 2.07. The topological polar surface area (TPSA) is 44.5 Å². The van der Waals surface area contributed by atoms with Crippen LogP contribution in [0.25, 0.3) is 11.4 Å². The van der Waals surface area contributed by atoms with Crippen molar-refractivity contribution in [3.63, 3.8) is 0 Å². The van der Waals surface area contributed by atoms with Crippen molar-refractivity contribution in [3.8, 4) is 11.4 Å². The van der Waals surface area contributed by atoms with E-state index in [0.717, 1.165) is 17.0 Å². The lowest BCUT2D eigenvalue weighted by atomic mass is 10.1. The van der Waals surface area contributed by atoms with Gasteiger partial charge in [0.05, 0.1) is 0 Å². The lowest BCUT2D eigenvalue weighted by Crippen LogP contribution is -1.85. The highest BCUT2D eigenvalue weighted by atomic mass is 35.5. The third kappa shape index (κ3) is 1.71. The summed E-state index contributed by atoms with van der Waals surface area (Å²) in [5.74, 6) is 0.718. The van der Waals surface area contributed by atoms with E-state index in [1.165, 1.54) is 0 Å². The van der Waals surface area contributed by atoms with Crippen LogP contribution in [0.15, 0.2) is 18.2 Å². The lowest BCUT2D eigenvalue weighted by Gasteiger charge is -2.01. The molecule has 1 aromatic heterocycles. The fraction of sp³-hybridized carbons (Fsp3) is 0.111. The number of hydrogen-bond donors (Lipinski definition) is 2. The Balaban J connectivity index is 2.61. The molecule has 0 aliphatic rings. The van der Waals surface area contributed by atoms with Gasteiger partial charge in [0.25, 0.3) is 0 Å². The second kappa shape index (κ2) is 3.55. The van der Waals surface area contributed by atoms with Crippen molar-refractivity contribution < 1.29 is 0 Å². The first kappa shape index (κ1) is 9.43. The lowest BCUT2D eigenvalue weighted by molar-refractivity contribution is 1.08. The zero-order chi connectivity index (χ0) is 10.1. The van der Waals surface area contributed by atoms with Crippen LogP contribution in [-0.2, 0) is 0 Å². The van der Waals surface area contributed by atoms with Gasteiger partial charge in [0.1, 0.15) is 0 Å². The van der Waals surface area contributed by atoms with Gasteiger partial charge in [-0.25, -0.2) is 0 Å². The van der Waals surface area contributed by atoms with E-state index in [9.17, 15) is 0 Å². The summed E-state index contributed by atoms with van der Waals surface area (Å²) >= 11 is 10.8. The van der Waals surface area contributed by atoms with Crippen LogP contribution in [0.2, 0.25) is 5.02 Å². The van der Waals surface area contributed by atoms with Gasteiger partial charge in [0.2, 0.25) is 4.77 Å². The number of nitrogens with zero attached hydrogens (tertiary/aromatic N) is 1. The van der Waals surface area contributed by atoms with Gasteiger partial charge in [0.15, 0.2) is 5.82 Å². The highest BCUT2D eigenvalue weighted by Crippen LogP contribution is 2.23. The molecular formula is C9H8ClN3S. The van der Waals surface area contributed by atoms with Gasteiger partial charge in [-0.1, -0.05) is 17.7 Å². The Morgan fingerprint density at radius 2 is 2.14 bits per heavy atom. The fourth-order valence-corrected chi connectivity index (χ4v) is 1.56. The van der Waals surface area contributed by atoms with Gasteiger partial charge in [-0.15, -0.1) is 0 Å². The van der Waals surface area contributed by atoms with Crippen molar-refractivity contribution in [2.24, 2.45) is 0 Å². The van der Waals surface area contributed by atoms with E-state index in [2.05, 4.69) is 15.2 Å². The van der Waals surface area contributed by atoms with Crippen molar-refractivity contribution in [1.29, 1.82) is 0 Å². The molecule has 0 atom stereocenters. The maximum Gasteiger partial charge on any atom is 0.213 e. The van der Waals surface area contributed by atoms with Gasteiger partial charge in [-0.2, -0.15) is 4.98 Å². The molecule has 0 fully saturated rings. The number of aromatic amines is 2. The summed E-state index contributed by atoms with van der Waals surface area (Å²) in [6.07, 6.45) is 0. The number of rotatable bonds is 1. The molecule has 5 heteroatoms. The van der Waals surface area contributed by atoms with E-state index in [1.807, 2.05) is 25.1 Å². The van der Waals surface area contributed by atoms with Gasteiger partial charge >= 0.3 is 0 Å². The molecule has 0 radical (unpaired) electrons. The number of hydrogen-bond acceptors (Lipinski definition) is 2. The van der Waals surface area contributed by atoms with Gasteiger partial charge < -0.3 is 0 Å². The summed E-state index contributed by atoms with van der Waals surface area (Å²) in [6.45, 7) is 2.00. The first-order chi connectivity index (χ1) is 6.66. The zero-order valence-electron chi connectivity index (χ0n) is 7.47. The van der Waals surface area contributed by atoms with Crippen LogP contribution >= 0.6 is 23.8 Å². The molecule has 0 saturated heterocycles. The summed E-state index contributed by atoms with van der Waals surface area (Å²) in [5, 5.41) is 6.33. The highest BCUT2D eigenvalue weighted by molar-refractivity contribution is 7.71. The Morgan fingerprint density at radius 1 is 1.36 bits per heavy atom. The van der Waals surface area contributed by atoms with Crippen LogP contribution in [0, 0.1) is 11.7 Å². The molecule has 2 rings (SSSR count). The van der Waals surface area contributed by atoms with Crippen LogP contribution in [0.4, 0.5) is 0 Å². The van der Waals surface area contributed by atoms with Crippen molar-refractivity contribution in [2.75, 3.05) is 0 Å². The monoisotopic (exact) mass is 225 g/mol. The first-order valence-electron chi connectivity index (χ1n) is 4.08. The molecule has 72 valence electrons. The van der Waals surface area contributed by atoms with Crippen molar-refractivity contribution >= 4 is 23.8 Å². The van der Waals surface area contributed by atoms with Crippen LogP contribution < -0.4 is 0 Å². The summed E-state index contributed by atoms with van der Waals surface area (Å²) in [6, 6.07) is 5.66. The number of H-pyrrole nitrogens is 2. The van der Waals surface area contributed by atoms with Gasteiger partial charge in [-0.05, 0) is 36.8 Å². The highest BCUT2D eigenvalue weighted by Gasteiger charge is 2.05. The number of aromatic nitrogens is 3. The molecule has 3 nitrogen and oxygen atoms in total. The standard InChI is InChI=1S/C9H8ClN3S/c1-5-2-3-6(10)4-7(5)8-11-9(14)13-12-8/h2-4H,1H3,(H2,11,12,13,14). The zero-order valence-corrected chi connectivity index (χ0v) is 9.04. The molecule has 0 saturated carbocycles. The summed E-state index contributed by atoms with van der Waals surface area (Å²) < 4.78 is 0.444. The predicted octanol–water partition coefficient (Wildman–Crippen LogP) is 3.10. The van der Waals surface area contributed by atoms with E-state index >= 15 is 0 Å². The minimum absolute atomic E-state index is 0.444. The maximum atomic E-state index is 5.90. The SMILES string of the molecule is Cc1ccc(Cl)cc1-c1nc(=S)[nH][nH]1. The third-order valence-electron chi connectivity index (χ3n) is 1.96. The molecule has 0 unspecified atom stereocenters. The molecule has 0 aliphatic carbocycles. The Bertz CT molecular complexity index is 515. The fourth-order valence-electron chi connectivity index (χ4n) is 1.25. The van der Waals surface area contributed by atoms with E-state index in [1.54, 1.807) is 0 Å². The molecule has 0 amide bonds. The Kier molecular flexibility index (Phi) is 2.39. The molecule has 2 N–H and O–H groups in total. The second-order valence-electron chi connectivity index (χ2n) is 2.97. The Morgan fingerprint density at radius 3 is 2.79 bits per heavy atom. The van der Waals surface area contributed by atoms with Crippen LogP contribution in [0.5, 0.6) is 0 Å². The van der Waals surface area contributed by atoms with E-state index in [-0.39, 0.29) is 0 Å². The van der Waals surface area contributed by atoms with E-state index < -0.39 is 0 Å². The molecule has 0 spiro atoms. The molecular weight excluding hydrogens is 218 g/mol. The normalized spacial score (nSPS) is 10.4.